The molecular formula is C30H35ClN2O7S. The Labute approximate surface area is 248 Å². The lowest BCUT2D eigenvalue weighted by molar-refractivity contribution is -0.136. The van der Waals surface area contributed by atoms with E-state index in [1.807, 2.05) is 32.0 Å². The highest BCUT2D eigenvalue weighted by Crippen LogP contribution is 2.45. The lowest BCUT2D eigenvalue weighted by Gasteiger charge is -2.32. The standard InChI is InChI=1S/C30H35ClN2O7S/c1-30(2,17-34)16-33-22-12-11-18(31)13-21(22)27(20-7-5-8-23(38-3)28(20)39-4)40-24(29(33)37)9-6-10-25-32-19(15-41-25)14-26(35)36/h5,7-8,11-13,15,24,27,34H,6,9-10,14,16-17H2,1-4H3,(H,35,36)/t24-,27-/m1/s1. The van der Waals surface area contributed by atoms with Crippen LogP contribution in [0.1, 0.15) is 54.6 Å². The van der Waals surface area contributed by atoms with E-state index >= 15 is 0 Å². The van der Waals surface area contributed by atoms with Gasteiger partial charge < -0.3 is 29.3 Å². The number of ether oxygens (including phenoxy) is 3. The number of hydrogen-bond acceptors (Lipinski definition) is 8. The summed E-state index contributed by atoms with van der Waals surface area (Å²) in [5.41, 5.74) is 1.98. The summed E-state index contributed by atoms with van der Waals surface area (Å²) in [5, 5.41) is 22.2. The molecule has 1 aliphatic rings. The number of carboxylic acid groups (broad SMARTS) is 1. The third kappa shape index (κ3) is 7.19. The molecule has 0 bridgehead atoms. The normalized spacial score (nSPS) is 17.2. The molecule has 0 radical (unpaired) electrons. The molecule has 0 saturated heterocycles. The van der Waals surface area contributed by atoms with Crippen LogP contribution in [0.5, 0.6) is 11.5 Å². The van der Waals surface area contributed by atoms with Crippen LogP contribution in [0, 0.1) is 5.41 Å². The maximum absolute atomic E-state index is 14.2. The van der Waals surface area contributed by atoms with Crippen molar-refractivity contribution in [2.24, 2.45) is 5.41 Å². The maximum Gasteiger partial charge on any atom is 0.309 e. The topological polar surface area (TPSA) is 118 Å². The van der Waals surface area contributed by atoms with Gasteiger partial charge in [0.1, 0.15) is 12.2 Å². The quantitative estimate of drug-likeness (QED) is 0.287. The number of benzene rings is 2. The molecule has 0 aliphatic carbocycles. The van der Waals surface area contributed by atoms with E-state index in [4.69, 9.17) is 30.9 Å². The van der Waals surface area contributed by atoms with Crippen LogP contribution in [0.4, 0.5) is 5.69 Å². The first-order chi connectivity index (χ1) is 19.6. The molecule has 2 heterocycles. The summed E-state index contributed by atoms with van der Waals surface area (Å²) in [6, 6.07) is 10.9. The molecule has 0 fully saturated rings. The molecule has 0 unspecified atom stereocenters. The number of nitrogens with zero attached hydrogens (tertiary/aromatic N) is 2. The highest BCUT2D eigenvalue weighted by molar-refractivity contribution is 7.09. The fraction of sp³-hybridized carbons (Fsp3) is 0.433. The average Bonchev–Trinajstić information content (AvgIpc) is 3.35. The smallest absolute Gasteiger partial charge is 0.309 e. The monoisotopic (exact) mass is 602 g/mol. The average molecular weight is 603 g/mol. The second kappa shape index (κ2) is 13.2. The molecule has 41 heavy (non-hydrogen) atoms. The van der Waals surface area contributed by atoms with Crippen LogP contribution in [0.2, 0.25) is 5.02 Å². The zero-order valence-corrected chi connectivity index (χ0v) is 25.1. The Morgan fingerprint density at radius 3 is 2.66 bits per heavy atom. The number of carboxylic acids is 1. The van der Waals surface area contributed by atoms with Gasteiger partial charge in [-0.05, 0) is 43.5 Å². The van der Waals surface area contributed by atoms with E-state index in [-0.39, 0.29) is 25.5 Å². The Balaban J connectivity index is 1.73. The van der Waals surface area contributed by atoms with E-state index in [9.17, 15) is 14.7 Å². The summed E-state index contributed by atoms with van der Waals surface area (Å²) < 4.78 is 18.0. The van der Waals surface area contributed by atoms with Crippen LogP contribution in [0.25, 0.3) is 0 Å². The molecule has 220 valence electrons. The number of thiazole rings is 1. The van der Waals surface area contributed by atoms with Gasteiger partial charge in [0.05, 0.1) is 31.3 Å². The number of methoxy groups -OCH3 is 2. The summed E-state index contributed by atoms with van der Waals surface area (Å²) in [4.78, 5) is 31.3. The van der Waals surface area contributed by atoms with Gasteiger partial charge >= 0.3 is 5.97 Å². The largest absolute Gasteiger partial charge is 0.493 e. The highest BCUT2D eigenvalue weighted by Gasteiger charge is 2.39. The first-order valence-corrected chi connectivity index (χ1v) is 14.6. The molecule has 1 amide bonds. The number of anilines is 1. The zero-order valence-electron chi connectivity index (χ0n) is 23.6. The molecule has 0 saturated carbocycles. The number of carbonyl (C=O) groups excluding carboxylic acids is 1. The lowest BCUT2D eigenvalue weighted by atomic mass is 9.92. The molecule has 1 aromatic heterocycles. The molecule has 1 aliphatic heterocycles. The molecule has 0 spiro atoms. The fourth-order valence-electron chi connectivity index (χ4n) is 4.90. The third-order valence-corrected chi connectivity index (χ3v) is 8.12. The minimum atomic E-state index is -0.927. The Morgan fingerprint density at radius 2 is 1.98 bits per heavy atom. The van der Waals surface area contributed by atoms with E-state index in [1.165, 1.54) is 11.3 Å². The number of aromatic nitrogens is 1. The van der Waals surface area contributed by atoms with E-state index in [2.05, 4.69) is 4.98 Å². The van der Waals surface area contributed by atoms with E-state index in [0.717, 1.165) is 5.01 Å². The van der Waals surface area contributed by atoms with Gasteiger partial charge in [-0.2, -0.15) is 0 Å². The first-order valence-electron chi connectivity index (χ1n) is 13.3. The Morgan fingerprint density at radius 1 is 1.20 bits per heavy atom. The summed E-state index contributed by atoms with van der Waals surface area (Å²) in [7, 11) is 3.12. The molecule has 9 nitrogen and oxygen atoms in total. The predicted molar refractivity (Wildman–Crippen MR) is 157 cm³/mol. The molecule has 2 atom stereocenters. The van der Waals surface area contributed by atoms with Crippen LogP contribution < -0.4 is 14.4 Å². The van der Waals surface area contributed by atoms with Crippen molar-refractivity contribution in [3.63, 3.8) is 0 Å². The zero-order chi connectivity index (χ0) is 29.7. The third-order valence-electron chi connectivity index (χ3n) is 6.92. The number of para-hydroxylation sites is 1. The SMILES string of the molecule is COc1cccc([C@H]2O[C@H](CCCc3nc(CC(=O)O)cs3)C(=O)N(CC(C)(C)CO)c3ccc(Cl)cc32)c1OC. The van der Waals surface area contributed by atoms with Crippen LogP contribution in [0.3, 0.4) is 0 Å². The molecule has 2 N–H and O–H groups in total. The number of halogens is 1. The molecule has 4 rings (SSSR count). The predicted octanol–water partition coefficient (Wildman–Crippen LogP) is 5.30. The number of amides is 1. The summed E-state index contributed by atoms with van der Waals surface area (Å²) in [6.07, 6.45) is -0.0888. The van der Waals surface area contributed by atoms with Gasteiger partial charge in [-0.1, -0.05) is 37.6 Å². The molecule has 3 aromatic rings. The van der Waals surface area contributed by atoms with Gasteiger partial charge in [-0.25, -0.2) is 4.98 Å². The van der Waals surface area contributed by atoms with Gasteiger partial charge in [0.2, 0.25) is 0 Å². The molecular weight excluding hydrogens is 568 g/mol. The highest BCUT2D eigenvalue weighted by atomic mass is 35.5. The van der Waals surface area contributed by atoms with E-state index in [1.54, 1.807) is 42.7 Å². The van der Waals surface area contributed by atoms with Crippen molar-refractivity contribution in [3.8, 4) is 11.5 Å². The summed E-state index contributed by atoms with van der Waals surface area (Å²) in [6.45, 7) is 3.96. The second-order valence-corrected chi connectivity index (χ2v) is 12.1. The van der Waals surface area contributed by atoms with Gasteiger partial charge in [0, 0.05) is 45.8 Å². The molecule has 2 aromatic carbocycles. The number of fused-ring (bicyclic) bond motifs is 1. The molecule has 11 heteroatoms. The van der Waals surface area contributed by atoms with E-state index < -0.39 is 23.6 Å². The summed E-state index contributed by atoms with van der Waals surface area (Å²) >= 11 is 7.89. The Hall–Kier alpha value is -3.18. The van der Waals surface area contributed by atoms with Crippen molar-refractivity contribution in [2.75, 3.05) is 32.3 Å². The number of aliphatic hydroxyl groups excluding tert-OH is 1. The minimum absolute atomic E-state index is 0.110. The number of aryl methyl sites for hydroxylation is 1. The van der Waals surface area contributed by atoms with E-state index in [0.29, 0.717) is 58.3 Å². The van der Waals surface area contributed by atoms with Crippen molar-refractivity contribution < 1.29 is 34.0 Å². The van der Waals surface area contributed by atoms with Crippen LogP contribution >= 0.6 is 22.9 Å². The number of aliphatic hydroxyl groups is 1. The van der Waals surface area contributed by atoms with Crippen molar-refractivity contribution in [1.29, 1.82) is 0 Å². The fourth-order valence-corrected chi connectivity index (χ4v) is 5.92. The first kappa shape index (κ1) is 30.8. The second-order valence-electron chi connectivity index (χ2n) is 10.7. The van der Waals surface area contributed by atoms with Crippen molar-refractivity contribution in [1.82, 2.24) is 4.98 Å². The van der Waals surface area contributed by atoms with Crippen molar-refractivity contribution >= 4 is 40.5 Å². The Kier molecular flexibility index (Phi) is 9.91. The van der Waals surface area contributed by atoms with Gasteiger partial charge in [-0.15, -0.1) is 11.3 Å². The van der Waals surface area contributed by atoms with Gasteiger partial charge in [0.15, 0.2) is 11.5 Å². The maximum atomic E-state index is 14.2. The van der Waals surface area contributed by atoms with Crippen LogP contribution in [-0.4, -0.2) is 60.5 Å². The number of aliphatic carboxylic acids is 1. The minimum Gasteiger partial charge on any atom is -0.493 e. The van der Waals surface area contributed by atoms with Gasteiger partial charge in [0.25, 0.3) is 5.91 Å². The Bertz CT molecular complexity index is 1390. The number of rotatable bonds is 12. The van der Waals surface area contributed by atoms with Crippen molar-refractivity contribution in [2.45, 2.75) is 51.7 Å². The van der Waals surface area contributed by atoms with Crippen molar-refractivity contribution in [3.05, 3.63) is 68.6 Å². The summed E-state index contributed by atoms with van der Waals surface area (Å²) in [5.74, 6) is -0.118. The number of carbonyl (C=O) groups is 2. The van der Waals surface area contributed by atoms with Crippen LogP contribution in [-0.2, 0) is 27.2 Å². The van der Waals surface area contributed by atoms with Crippen LogP contribution in [0.15, 0.2) is 41.8 Å². The number of hydrogen-bond donors (Lipinski definition) is 2. The lowest BCUT2D eigenvalue weighted by Crippen LogP contribution is -2.45. The van der Waals surface area contributed by atoms with Gasteiger partial charge in [-0.3, -0.25) is 9.59 Å².